The topological polar surface area (TPSA) is 32.3 Å². The zero-order valence-corrected chi connectivity index (χ0v) is 11.1. The van der Waals surface area contributed by atoms with Gasteiger partial charge >= 0.3 is 0 Å². The van der Waals surface area contributed by atoms with Gasteiger partial charge in [0.1, 0.15) is 0 Å². The van der Waals surface area contributed by atoms with E-state index in [-0.39, 0.29) is 6.04 Å². The molecule has 0 aliphatic carbocycles. The number of carbonyl (C=O) groups is 1. The Hall–Kier alpha value is -0.220. The van der Waals surface area contributed by atoms with Gasteiger partial charge in [0.2, 0.25) is 5.91 Å². The van der Waals surface area contributed by atoms with Gasteiger partial charge in [-0.05, 0) is 25.3 Å². The van der Waals surface area contributed by atoms with Crippen LogP contribution in [0, 0.1) is 5.92 Å². The van der Waals surface area contributed by atoms with Crippen molar-refractivity contribution >= 4 is 17.7 Å². The SMILES string of the molecule is CC1CN(C(=O)C2NCCCC2C)CCS1. The number of nitrogens with zero attached hydrogens (tertiary/aromatic N) is 1. The van der Waals surface area contributed by atoms with Gasteiger partial charge in [0.15, 0.2) is 0 Å². The van der Waals surface area contributed by atoms with Crippen molar-refractivity contribution in [1.29, 1.82) is 0 Å². The van der Waals surface area contributed by atoms with Gasteiger partial charge in [-0.1, -0.05) is 13.8 Å². The molecule has 16 heavy (non-hydrogen) atoms. The Morgan fingerprint density at radius 2 is 2.25 bits per heavy atom. The van der Waals surface area contributed by atoms with Crippen LogP contribution >= 0.6 is 11.8 Å². The van der Waals surface area contributed by atoms with Crippen LogP contribution in [0.1, 0.15) is 26.7 Å². The normalized spacial score (nSPS) is 36.1. The molecule has 2 fully saturated rings. The lowest BCUT2D eigenvalue weighted by atomic mass is 9.92. The molecule has 2 aliphatic rings. The molecule has 0 aromatic rings. The summed E-state index contributed by atoms with van der Waals surface area (Å²) >= 11 is 1.97. The molecular weight excluding hydrogens is 220 g/mol. The summed E-state index contributed by atoms with van der Waals surface area (Å²) in [5, 5.41) is 3.98. The summed E-state index contributed by atoms with van der Waals surface area (Å²) in [6, 6.07) is 0.0732. The van der Waals surface area contributed by atoms with E-state index in [9.17, 15) is 4.79 Å². The highest BCUT2D eigenvalue weighted by Gasteiger charge is 2.32. The van der Waals surface area contributed by atoms with E-state index in [2.05, 4.69) is 24.1 Å². The predicted molar refractivity (Wildman–Crippen MR) is 68.7 cm³/mol. The number of amides is 1. The second-order valence-electron chi connectivity index (χ2n) is 5.02. The Balaban J connectivity index is 1.94. The first kappa shape index (κ1) is 12.2. The number of nitrogens with one attached hydrogen (secondary N) is 1. The first-order valence-electron chi connectivity index (χ1n) is 6.32. The molecule has 0 spiro atoms. The van der Waals surface area contributed by atoms with E-state index in [1.807, 2.05) is 11.8 Å². The van der Waals surface area contributed by atoms with Crippen molar-refractivity contribution in [2.24, 2.45) is 5.92 Å². The minimum Gasteiger partial charge on any atom is -0.339 e. The zero-order chi connectivity index (χ0) is 11.5. The molecule has 0 aromatic carbocycles. The van der Waals surface area contributed by atoms with Crippen molar-refractivity contribution in [1.82, 2.24) is 10.2 Å². The van der Waals surface area contributed by atoms with Crippen molar-refractivity contribution in [3.05, 3.63) is 0 Å². The molecule has 1 N–H and O–H groups in total. The lowest BCUT2D eigenvalue weighted by Crippen LogP contribution is -2.54. The molecule has 2 saturated heterocycles. The highest BCUT2D eigenvalue weighted by Crippen LogP contribution is 2.22. The lowest BCUT2D eigenvalue weighted by Gasteiger charge is -2.37. The molecule has 0 bridgehead atoms. The summed E-state index contributed by atoms with van der Waals surface area (Å²) in [5.41, 5.74) is 0. The monoisotopic (exact) mass is 242 g/mol. The Kier molecular flexibility index (Phi) is 4.14. The Bertz CT molecular complexity index is 259. The van der Waals surface area contributed by atoms with Gasteiger partial charge in [0, 0.05) is 24.1 Å². The van der Waals surface area contributed by atoms with E-state index >= 15 is 0 Å². The molecule has 3 unspecified atom stereocenters. The summed E-state index contributed by atoms with van der Waals surface area (Å²) in [5.74, 6) is 1.92. The molecule has 2 rings (SSSR count). The fraction of sp³-hybridized carbons (Fsp3) is 0.917. The summed E-state index contributed by atoms with van der Waals surface area (Å²) in [4.78, 5) is 14.4. The summed E-state index contributed by atoms with van der Waals surface area (Å²) in [7, 11) is 0. The predicted octanol–water partition coefficient (Wildman–Crippen LogP) is 1.34. The number of rotatable bonds is 1. The Morgan fingerprint density at radius 3 is 2.94 bits per heavy atom. The third-order valence-corrected chi connectivity index (χ3v) is 4.72. The van der Waals surface area contributed by atoms with Crippen LogP contribution in [0.25, 0.3) is 0 Å². The lowest BCUT2D eigenvalue weighted by molar-refractivity contribution is -0.135. The second kappa shape index (κ2) is 5.41. The molecule has 0 radical (unpaired) electrons. The van der Waals surface area contributed by atoms with Crippen LogP contribution in [0.3, 0.4) is 0 Å². The molecule has 0 saturated carbocycles. The Labute approximate surface area is 102 Å². The van der Waals surface area contributed by atoms with E-state index in [0.717, 1.165) is 25.4 Å². The number of hydrogen-bond donors (Lipinski definition) is 1. The first-order chi connectivity index (χ1) is 7.68. The van der Waals surface area contributed by atoms with Gasteiger partial charge in [0.05, 0.1) is 6.04 Å². The molecule has 1 amide bonds. The molecule has 3 nitrogen and oxygen atoms in total. The van der Waals surface area contributed by atoms with Crippen molar-refractivity contribution in [3.8, 4) is 0 Å². The van der Waals surface area contributed by atoms with Crippen LogP contribution in [-0.2, 0) is 4.79 Å². The number of thioether (sulfide) groups is 1. The van der Waals surface area contributed by atoms with Gasteiger partial charge in [-0.3, -0.25) is 4.79 Å². The zero-order valence-electron chi connectivity index (χ0n) is 10.2. The molecular formula is C12H22N2OS. The number of carbonyl (C=O) groups excluding carboxylic acids is 1. The standard InChI is InChI=1S/C12H22N2OS/c1-9-4-3-5-13-11(9)12(15)14-6-7-16-10(2)8-14/h9-11,13H,3-8H2,1-2H3. The number of piperidine rings is 1. The van der Waals surface area contributed by atoms with E-state index in [1.54, 1.807) is 0 Å². The van der Waals surface area contributed by atoms with Gasteiger partial charge in [0.25, 0.3) is 0 Å². The average Bonchev–Trinajstić information content (AvgIpc) is 2.29. The maximum Gasteiger partial charge on any atom is 0.240 e. The third-order valence-electron chi connectivity index (χ3n) is 3.59. The molecule has 2 heterocycles. The summed E-state index contributed by atoms with van der Waals surface area (Å²) in [6.07, 6.45) is 2.39. The van der Waals surface area contributed by atoms with Crippen molar-refractivity contribution < 1.29 is 4.79 Å². The number of hydrogen-bond acceptors (Lipinski definition) is 3. The van der Waals surface area contributed by atoms with Gasteiger partial charge < -0.3 is 10.2 Å². The minimum atomic E-state index is 0.0732. The van der Waals surface area contributed by atoms with Gasteiger partial charge in [-0.2, -0.15) is 11.8 Å². The molecule has 0 aromatic heterocycles. The molecule has 3 atom stereocenters. The van der Waals surface area contributed by atoms with Crippen LogP contribution in [0.4, 0.5) is 0 Å². The smallest absolute Gasteiger partial charge is 0.240 e. The van der Waals surface area contributed by atoms with Crippen molar-refractivity contribution in [3.63, 3.8) is 0 Å². The average molecular weight is 242 g/mol. The highest BCUT2D eigenvalue weighted by molar-refractivity contribution is 7.99. The Morgan fingerprint density at radius 1 is 1.44 bits per heavy atom. The first-order valence-corrected chi connectivity index (χ1v) is 7.37. The van der Waals surface area contributed by atoms with Crippen LogP contribution in [0.15, 0.2) is 0 Å². The second-order valence-corrected chi connectivity index (χ2v) is 6.56. The summed E-state index contributed by atoms with van der Waals surface area (Å²) in [6.45, 7) is 7.25. The van der Waals surface area contributed by atoms with Crippen molar-refractivity contribution in [2.75, 3.05) is 25.4 Å². The van der Waals surface area contributed by atoms with E-state index in [1.165, 1.54) is 12.8 Å². The van der Waals surface area contributed by atoms with Crippen molar-refractivity contribution in [2.45, 2.75) is 38.0 Å². The fourth-order valence-electron chi connectivity index (χ4n) is 2.60. The van der Waals surface area contributed by atoms with Gasteiger partial charge in [-0.15, -0.1) is 0 Å². The maximum atomic E-state index is 12.4. The van der Waals surface area contributed by atoms with E-state index < -0.39 is 0 Å². The maximum absolute atomic E-state index is 12.4. The van der Waals surface area contributed by atoms with Crippen LogP contribution < -0.4 is 5.32 Å². The van der Waals surface area contributed by atoms with E-state index in [0.29, 0.717) is 17.1 Å². The molecule has 2 aliphatic heterocycles. The largest absolute Gasteiger partial charge is 0.339 e. The van der Waals surface area contributed by atoms with Crippen LogP contribution in [0.2, 0.25) is 0 Å². The van der Waals surface area contributed by atoms with Crippen LogP contribution in [0.5, 0.6) is 0 Å². The van der Waals surface area contributed by atoms with Gasteiger partial charge in [-0.25, -0.2) is 0 Å². The van der Waals surface area contributed by atoms with E-state index in [4.69, 9.17) is 0 Å². The fourth-order valence-corrected chi connectivity index (χ4v) is 3.61. The third kappa shape index (κ3) is 2.72. The molecule has 4 heteroatoms. The summed E-state index contributed by atoms with van der Waals surface area (Å²) < 4.78 is 0. The minimum absolute atomic E-state index is 0.0732. The molecule has 92 valence electrons. The quantitative estimate of drug-likeness (QED) is 0.753. The highest BCUT2D eigenvalue weighted by atomic mass is 32.2. The van der Waals surface area contributed by atoms with Crippen LogP contribution in [-0.4, -0.2) is 47.5 Å².